The maximum Gasteiger partial charge on any atom is 0.312 e. The number of aromatic nitrogens is 3. The molecule has 24 heavy (non-hydrogen) atoms. The van der Waals surface area contributed by atoms with Crippen molar-refractivity contribution in [2.75, 3.05) is 5.32 Å². The van der Waals surface area contributed by atoms with E-state index in [1.54, 1.807) is 6.20 Å². The van der Waals surface area contributed by atoms with Crippen molar-refractivity contribution in [1.29, 1.82) is 0 Å². The van der Waals surface area contributed by atoms with Crippen molar-refractivity contribution in [2.24, 2.45) is 0 Å². The minimum Gasteiger partial charge on any atom is -0.481 e. The number of nitrogens with one attached hydrogen (secondary N) is 1. The van der Waals surface area contributed by atoms with E-state index in [-0.39, 0.29) is 12.3 Å². The van der Waals surface area contributed by atoms with Crippen LogP contribution < -0.4 is 5.32 Å². The Bertz CT molecular complexity index is 864. The molecule has 0 saturated heterocycles. The predicted octanol–water partition coefficient (Wildman–Crippen LogP) is 2.40. The minimum atomic E-state index is -1.00. The lowest BCUT2D eigenvalue weighted by Gasteiger charge is -2.09. The van der Waals surface area contributed by atoms with Crippen LogP contribution in [0.15, 0.2) is 35.0 Å². The summed E-state index contributed by atoms with van der Waals surface area (Å²) in [7, 11) is 0. The first-order chi connectivity index (χ1) is 11.7. The Morgan fingerprint density at radius 2 is 2.08 bits per heavy atom. The molecule has 2 aromatic heterocycles. The molecule has 2 heterocycles. The molecule has 1 aromatic carbocycles. The molecule has 1 aliphatic rings. The molecule has 3 aromatic rings. The van der Waals surface area contributed by atoms with Crippen LogP contribution in [0.4, 0.5) is 5.13 Å². The van der Waals surface area contributed by atoms with Gasteiger partial charge in [-0.1, -0.05) is 40.8 Å². The summed E-state index contributed by atoms with van der Waals surface area (Å²) in [5.74, 6) is -0.546. The smallest absolute Gasteiger partial charge is 0.312 e. The Balaban J connectivity index is 1.44. The minimum absolute atomic E-state index is 0.0895. The third-order valence-electron chi connectivity index (χ3n) is 3.88. The van der Waals surface area contributed by atoms with E-state index in [0.717, 1.165) is 22.9 Å². The second kappa shape index (κ2) is 6.04. The normalized spacial score (nSPS) is 13.8. The SMILES string of the molecule is O=C(O)Cc1nc(-c2cnc(NC3Cc4ccccc4C3)s2)no1. The number of carboxylic acids is 1. The van der Waals surface area contributed by atoms with Gasteiger partial charge in [0.05, 0.1) is 11.1 Å². The fourth-order valence-electron chi connectivity index (χ4n) is 2.84. The second-order valence-electron chi connectivity index (χ2n) is 5.63. The lowest BCUT2D eigenvalue weighted by atomic mass is 10.1. The van der Waals surface area contributed by atoms with Gasteiger partial charge in [0.15, 0.2) is 5.13 Å². The molecule has 2 N–H and O–H groups in total. The molecule has 0 aliphatic heterocycles. The van der Waals surface area contributed by atoms with Crippen molar-refractivity contribution in [3.63, 3.8) is 0 Å². The first-order valence-corrected chi connectivity index (χ1v) is 8.33. The first-order valence-electron chi connectivity index (χ1n) is 7.51. The molecular formula is C16H14N4O3S. The van der Waals surface area contributed by atoms with Gasteiger partial charge >= 0.3 is 5.97 Å². The number of aliphatic carboxylic acids is 1. The van der Waals surface area contributed by atoms with E-state index in [9.17, 15) is 4.79 Å². The molecule has 0 amide bonds. The number of rotatable bonds is 5. The molecule has 8 heteroatoms. The molecule has 4 rings (SSSR count). The summed E-state index contributed by atoms with van der Waals surface area (Å²) >= 11 is 1.43. The van der Waals surface area contributed by atoms with Gasteiger partial charge in [-0.2, -0.15) is 4.98 Å². The van der Waals surface area contributed by atoms with Crippen molar-refractivity contribution < 1.29 is 14.4 Å². The Morgan fingerprint density at radius 1 is 1.33 bits per heavy atom. The van der Waals surface area contributed by atoms with Crippen LogP contribution >= 0.6 is 11.3 Å². The van der Waals surface area contributed by atoms with E-state index in [0.29, 0.717) is 11.9 Å². The van der Waals surface area contributed by atoms with Crippen molar-refractivity contribution in [3.05, 3.63) is 47.5 Å². The number of carbonyl (C=O) groups is 1. The molecule has 0 unspecified atom stereocenters. The summed E-state index contributed by atoms with van der Waals surface area (Å²) < 4.78 is 4.93. The molecule has 0 spiro atoms. The Labute approximate surface area is 141 Å². The highest BCUT2D eigenvalue weighted by Gasteiger charge is 2.22. The molecule has 0 bridgehead atoms. The van der Waals surface area contributed by atoms with E-state index in [4.69, 9.17) is 9.63 Å². The number of nitrogens with zero attached hydrogens (tertiary/aromatic N) is 3. The maximum absolute atomic E-state index is 10.7. The Hall–Kier alpha value is -2.74. The molecule has 122 valence electrons. The number of hydrogen-bond acceptors (Lipinski definition) is 7. The van der Waals surface area contributed by atoms with E-state index in [2.05, 4.69) is 44.7 Å². The lowest BCUT2D eigenvalue weighted by molar-refractivity contribution is -0.136. The monoisotopic (exact) mass is 342 g/mol. The van der Waals surface area contributed by atoms with Gasteiger partial charge in [-0.25, -0.2) is 4.98 Å². The molecule has 0 fully saturated rings. The van der Waals surface area contributed by atoms with Crippen molar-refractivity contribution in [1.82, 2.24) is 15.1 Å². The molecule has 0 atom stereocenters. The van der Waals surface area contributed by atoms with Gasteiger partial charge in [0.2, 0.25) is 11.7 Å². The van der Waals surface area contributed by atoms with Crippen molar-refractivity contribution >= 4 is 22.4 Å². The summed E-state index contributed by atoms with van der Waals surface area (Å²) in [4.78, 5) is 19.8. The molecule has 0 saturated carbocycles. The first kappa shape index (κ1) is 14.8. The van der Waals surface area contributed by atoms with Gasteiger partial charge in [-0.15, -0.1) is 0 Å². The topological polar surface area (TPSA) is 101 Å². The number of thiazole rings is 1. The maximum atomic E-state index is 10.7. The average molecular weight is 342 g/mol. The van der Waals surface area contributed by atoms with Crippen LogP contribution in [0.1, 0.15) is 17.0 Å². The van der Waals surface area contributed by atoms with Crippen LogP contribution in [0.25, 0.3) is 10.7 Å². The number of anilines is 1. The number of fused-ring (bicyclic) bond motifs is 1. The summed E-state index contributed by atoms with van der Waals surface area (Å²) in [6.07, 6.45) is 3.36. The van der Waals surface area contributed by atoms with Crippen LogP contribution in [0.2, 0.25) is 0 Å². The van der Waals surface area contributed by atoms with Gasteiger partial charge in [0, 0.05) is 6.04 Å². The largest absolute Gasteiger partial charge is 0.481 e. The predicted molar refractivity (Wildman–Crippen MR) is 88.0 cm³/mol. The highest BCUT2D eigenvalue weighted by molar-refractivity contribution is 7.18. The number of benzene rings is 1. The highest BCUT2D eigenvalue weighted by atomic mass is 32.1. The Kier molecular flexibility index (Phi) is 3.73. The molecule has 1 aliphatic carbocycles. The Morgan fingerprint density at radius 3 is 2.79 bits per heavy atom. The van der Waals surface area contributed by atoms with E-state index >= 15 is 0 Å². The molecule has 0 radical (unpaired) electrons. The van der Waals surface area contributed by atoms with Gasteiger partial charge in [-0.05, 0) is 24.0 Å². The fraction of sp³-hybridized carbons (Fsp3) is 0.250. The van der Waals surface area contributed by atoms with Gasteiger partial charge in [0.25, 0.3) is 0 Å². The fourth-order valence-corrected chi connectivity index (χ4v) is 3.65. The zero-order valence-electron chi connectivity index (χ0n) is 12.6. The van der Waals surface area contributed by atoms with Gasteiger partial charge in [-0.3, -0.25) is 4.79 Å². The summed E-state index contributed by atoms with van der Waals surface area (Å²) in [6, 6.07) is 8.77. The van der Waals surface area contributed by atoms with E-state index in [1.807, 2.05) is 0 Å². The second-order valence-corrected chi connectivity index (χ2v) is 6.66. The van der Waals surface area contributed by atoms with Crippen molar-refractivity contribution in [2.45, 2.75) is 25.3 Å². The third kappa shape index (κ3) is 3.00. The van der Waals surface area contributed by atoms with Gasteiger partial charge < -0.3 is 14.9 Å². The quantitative estimate of drug-likeness (QED) is 0.734. The van der Waals surface area contributed by atoms with Crippen molar-refractivity contribution in [3.8, 4) is 10.7 Å². The van der Waals surface area contributed by atoms with Crippen LogP contribution in [0, 0.1) is 0 Å². The number of carboxylic acid groups (broad SMARTS) is 1. The van der Waals surface area contributed by atoms with Crippen LogP contribution in [-0.4, -0.2) is 32.2 Å². The zero-order valence-corrected chi connectivity index (χ0v) is 13.4. The van der Waals surface area contributed by atoms with E-state index < -0.39 is 5.97 Å². The number of hydrogen-bond donors (Lipinski definition) is 2. The van der Waals surface area contributed by atoms with Gasteiger partial charge in [0.1, 0.15) is 6.42 Å². The van der Waals surface area contributed by atoms with Crippen LogP contribution in [0.5, 0.6) is 0 Å². The molecule has 7 nitrogen and oxygen atoms in total. The lowest BCUT2D eigenvalue weighted by Crippen LogP contribution is -2.19. The van der Waals surface area contributed by atoms with E-state index in [1.165, 1.54) is 22.5 Å². The molecular weight excluding hydrogens is 328 g/mol. The summed E-state index contributed by atoms with van der Waals surface area (Å²) in [5.41, 5.74) is 2.76. The standard InChI is InChI=1S/C16H14N4O3S/c21-14(22)7-13-19-15(20-23-13)12-8-17-16(24-12)18-11-5-9-3-1-2-4-10(9)6-11/h1-4,8,11H,5-7H2,(H,17,18)(H,21,22). The highest BCUT2D eigenvalue weighted by Crippen LogP contribution is 2.30. The zero-order chi connectivity index (χ0) is 16.5. The van der Waals surface area contributed by atoms with Crippen LogP contribution in [-0.2, 0) is 24.1 Å². The average Bonchev–Trinajstić information content (AvgIpc) is 3.25. The third-order valence-corrected chi connectivity index (χ3v) is 4.80. The summed E-state index contributed by atoms with van der Waals surface area (Å²) in [5, 5.41) is 16.8. The van der Waals surface area contributed by atoms with Crippen LogP contribution in [0.3, 0.4) is 0 Å². The summed E-state index contributed by atoms with van der Waals surface area (Å²) in [6.45, 7) is 0.